The summed E-state index contributed by atoms with van der Waals surface area (Å²) in [6, 6.07) is 9.75. The van der Waals surface area contributed by atoms with Gasteiger partial charge in [-0.1, -0.05) is 18.2 Å². The minimum absolute atomic E-state index is 0.197. The van der Waals surface area contributed by atoms with Crippen molar-refractivity contribution in [2.24, 2.45) is 0 Å². The number of anilines is 1. The Hall–Kier alpha value is -1.06. The van der Waals surface area contributed by atoms with Gasteiger partial charge in [0.1, 0.15) is 0 Å². The predicted octanol–water partition coefficient (Wildman–Crippen LogP) is 0.476. The second-order valence-corrected chi connectivity index (χ2v) is 3.05. The third-order valence-electron chi connectivity index (χ3n) is 1.89. The number of benzene rings is 1. The molecule has 72 valence electrons. The summed E-state index contributed by atoms with van der Waals surface area (Å²) < 4.78 is 0. The van der Waals surface area contributed by atoms with E-state index in [1.54, 1.807) is 0 Å². The van der Waals surface area contributed by atoms with Crippen LogP contribution in [0.1, 0.15) is 0 Å². The Morgan fingerprint density at radius 2 is 1.92 bits per heavy atom. The smallest absolute Gasteiger partial charge is 0.0945 e. The van der Waals surface area contributed by atoms with Gasteiger partial charge in [0.25, 0.3) is 0 Å². The molecule has 1 atom stereocenters. The first kappa shape index (κ1) is 10.0. The predicted molar refractivity (Wildman–Crippen MR) is 52.8 cm³/mol. The lowest BCUT2D eigenvalue weighted by Crippen LogP contribution is -2.31. The lowest BCUT2D eigenvalue weighted by atomic mass is 10.2. The maximum absolute atomic E-state index is 9.20. The first-order valence-corrected chi connectivity index (χ1v) is 4.29. The monoisotopic (exact) mass is 181 g/mol. The number of likely N-dealkylation sites (N-methyl/N-ethyl adjacent to an activating group) is 1. The van der Waals surface area contributed by atoms with Gasteiger partial charge >= 0.3 is 0 Å². The standard InChI is InChI=1S/C10H15NO2/c1-11(7-10(13)8-12)9-5-3-2-4-6-9/h2-6,10,12-13H,7-8H2,1H3/t10-/m1/s1. The highest BCUT2D eigenvalue weighted by molar-refractivity contribution is 5.45. The van der Waals surface area contributed by atoms with E-state index in [0.29, 0.717) is 6.54 Å². The quantitative estimate of drug-likeness (QED) is 0.710. The molecule has 13 heavy (non-hydrogen) atoms. The van der Waals surface area contributed by atoms with Crippen LogP contribution >= 0.6 is 0 Å². The van der Waals surface area contributed by atoms with E-state index in [4.69, 9.17) is 5.11 Å². The Bertz CT molecular complexity index is 238. The fraction of sp³-hybridized carbons (Fsp3) is 0.400. The molecular weight excluding hydrogens is 166 g/mol. The zero-order valence-electron chi connectivity index (χ0n) is 7.72. The summed E-state index contributed by atoms with van der Waals surface area (Å²) in [6.07, 6.45) is -0.676. The van der Waals surface area contributed by atoms with Crippen LogP contribution in [0, 0.1) is 0 Å². The Morgan fingerprint density at radius 3 is 2.46 bits per heavy atom. The maximum Gasteiger partial charge on any atom is 0.0945 e. The third kappa shape index (κ3) is 3.05. The molecule has 0 heterocycles. The number of nitrogens with zero attached hydrogens (tertiary/aromatic N) is 1. The molecule has 0 aliphatic heterocycles. The van der Waals surface area contributed by atoms with Crippen LogP contribution in [0.3, 0.4) is 0 Å². The molecule has 0 bridgehead atoms. The van der Waals surface area contributed by atoms with Gasteiger partial charge in [-0.2, -0.15) is 0 Å². The molecule has 0 aliphatic rings. The van der Waals surface area contributed by atoms with Gasteiger partial charge in [-0.25, -0.2) is 0 Å². The van der Waals surface area contributed by atoms with E-state index in [1.807, 2.05) is 42.3 Å². The number of hydrogen-bond donors (Lipinski definition) is 2. The van der Waals surface area contributed by atoms with Crippen molar-refractivity contribution in [2.45, 2.75) is 6.10 Å². The molecule has 0 radical (unpaired) electrons. The van der Waals surface area contributed by atoms with Crippen molar-refractivity contribution in [3.05, 3.63) is 30.3 Å². The molecule has 0 aliphatic carbocycles. The zero-order chi connectivity index (χ0) is 9.68. The van der Waals surface area contributed by atoms with E-state index in [9.17, 15) is 5.11 Å². The molecule has 3 nitrogen and oxygen atoms in total. The second kappa shape index (κ2) is 4.84. The lowest BCUT2D eigenvalue weighted by molar-refractivity contribution is 0.101. The van der Waals surface area contributed by atoms with Crippen molar-refractivity contribution >= 4 is 5.69 Å². The summed E-state index contributed by atoms with van der Waals surface area (Å²) in [5.74, 6) is 0. The average Bonchev–Trinajstić information content (AvgIpc) is 2.19. The molecule has 0 saturated carbocycles. The van der Waals surface area contributed by atoms with Gasteiger partial charge in [0, 0.05) is 19.3 Å². The minimum Gasteiger partial charge on any atom is -0.394 e. The Kier molecular flexibility index (Phi) is 3.73. The van der Waals surface area contributed by atoms with E-state index in [0.717, 1.165) is 5.69 Å². The van der Waals surface area contributed by atoms with Crippen molar-refractivity contribution in [3.8, 4) is 0 Å². The van der Waals surface area contributed by atoms with Crippen LogP contribution in [-0.2, 0) is 0 Å². The fourth-order valence-electron chi connectivity index (χ4n) is 1.16. The first-order valence-electron chi connectivity index (χ1n) is 4.29. The Labute approximate surface area is 78.2 Å². The van der Waals surface area contributed by atoms with Crippen LogP contribution in [0.4, 0.5) is 5.69 Å². The van der Waals surface area contributed by atoms with Crippen LogP contribution < -0.4 is 4.90 Å². The molecular formula is C10H15NO2. The van der Waals surface area contributed by atoms with Crippen molar-refractivity contribution in [2.75, 3.05) is 25.1 Å². The first-order chi connectivity index (χ1) is 6.24. The molecule has 0 aromatic heterocycles. The molecule has 2 N–H and O–H groups in total. The Balaban J connectivity index is 2.53. The van der Waals surface area contributed by atoms with Gasteiger partial charge in [0.05, 0.1) is 12.7 Å². The third-order valence-corrected chi connectivity index (χ3v) is 1.89. The van der Waals surface area contributed by atoms with E-state index >= 15 is 0 Å². The van der Waals surface area contributed by atoms with Gasteiger partial charge in [0.2, 0.25) is 0 Å². The number of rotatable bonds is 4. The Morgan fingerprint density at radius 1 is 1.31 bits per heavy atom. The second-order valence-electron chi connectivity index (χ2n) is 3.05. The highest BCUT2D eigenvalue weighted by Gasteiger charge is 2.06. The molecule has 0 amide bonds. The molecule has 3 heteroatoms. The summed E-state index contributed by atoms with van der Waals surface area (Å²) in [4.78, 5) is 1.90. The molecule has 0 unspecified atom stereocenters. The van der Waals surface area contributed by atoms with E-state index in [2.05, 4.69) is 0 Å². The minimum atomic E-state index is -0.676. The van der Waals surface area contributed by atoms with E-state index < -0.39 is 6.10 Å². The summed E-state index contributed by atoms with van der Waals surface area (Å²) in [6.45, 7) is 0.248. The van der Waals surface area contributed by atoms with Crippen LogP contribution in [0.5, 0.6) is 0 Å². The number of hydrogen-bond acceptors (Lipinski definition) is 3. The highest BCUT2D eigenvalue weighted by atomic mass is 16.3. The van der Waals surface area contributed by atoms with E-state index in [-0.39, 0.29) is 6.61 Å². The number of para-hydroxylation sites is 1. The largest absolute Gasteiger partial charge is 0.394 e. The van der Waals surface area contributed by atoms with Crippen molar-refractivity contribution < 1.29 is 10.2 Å². The van der Waals surface area contributed by atoms with Crippen LogP contribution in [-0.4, -0.2) is 36.5 Å². The average molecular weight is 181 g/mol. The van der Waals surface area contributed by atoms with Gasteiger partial charge < -0.3 is 15.1 Å². The van der Waals surface area contributed by atoms with Gasteiger partial charge in [0.15, 0.2) is 0 Å². The molecule has 1 rings (SSSR count). The van der Waals surface area contributed by atoms with Gasteiger partial charge in [-0.3, -0.25) is 0 Å². The van der Waals surface area contributed by atoms with Crippen molar-refractivity contribution in [1.82, 2.24) is 0 Å². The molecule has 0 saturated heterocycles. The van der Waals surface area contributed by atoms with Crippen molar-refractivity contribution in [1.29, 1.82) is 0 Å². The van der Waals surface area contributed by atoms with Crippen LogP contribution in [0.15, 0.2) is 30.3 Å². The number of aliphatic hydroxyl groups is 2. The normalized spacial score (nSPS) is 12.5. The molecule has 0 fully saturated rings. The maximum atomic E-state index is 9.20. The summed E-state index contributed by atoms with van der Waals surface area (Å²) in [5.41, 5.74) is 1.04. The van der Waals surface area contributed by atoms with Crippen LogP contribution in [0.2, 0.25) is 0 Å². The highest BCUT2D eigenvalue weighted by Crippen LogP contribution is 2.10. The van der Waals surface area contributed by atoms with Crippen LogP contribution in [0.25, 0.3) is 0 Å². The lowest BCUT2D eigenvalue weighted by Gasteiger charge is -2.21. The molecule has 1 aromatic rings. The summed E-state index contributed by atoms with van der Waals surface area (Å²) in [5, 5.41) is 17.9. The summed E-state index contributed by atoms with van der Waals surface area (Å²) in [7, 11) is 1.88. The molecule has 1 aromatic carbocycles. The zero-order valence-corrected chi connectivity index (χ0v) is 7.72. The summed E-state index contributed by atoms with van der Waals surface area (Å²) >= 11 is 0. The molecule has 0 spiro atoms. The van der Waals surface area contributed by atoms with Gasteiger partial charge in [-0.15, -0.1) is 0 Å². The topological polar surface area (TPSA) is 43.7 Å². The SMILES string of the molecule is CN(C[C@@H](O)CO)c1ccccc1. The van der Waals surface area contributed by atoms with Crippen molar-refractivity contribution in [3.63, 3.8) is 0 Å². The van der Waals surface area contributed by atoms with Gasteiger partial charge in [-0.05, 0) is 12.1 Å². The van der Waals surface area contributed by atoms with E-state index in [1.165, 1.54) is 0 Å². The number of aliphatic hydroxyl groups excluding tert-OH is 2. The fourth-order valence-corrected chi connectivity index (χ4v) is 1.16.